The van der Waals surface area contributed by atoms with Crippen molar-refractivity contribution < 1.29 is 4.92 Å². The molecule has 0 aliphatic carbocycles. The van der Waals surface area contributed by atoms with Crippen LogP contribution in [0.4, 0.5) is 5.69 Å². The van der Waals surface area contributed by atoms with Gasteiger partial charge in [-0.15, -0.1) is 5.10 Å². The van der Waals surface area contributed by atoms with Crippen LogP contribution >= 0.6 is 11.6 Å². The van der Waals surface area contributed by atoms with Crippen molar-refractivity contribution in [3.8, 4) is 17.2 Å². The number of aromatic nitrogens is 4. The first-order valence-corrected chi connectivity index (χ1v) is 6.30. The molecule has 21 heavy (non-hydrogen) atoms. The molecule has 0 saturated carbocycles. The number of pyridine rings is 1. The molecule has 7 nitrogen and oxygen atoms in total. The van der Waals surface area contributed by atoms with Crippen molar-refractivity contribution in [2.24, 2.45) is 0 Å². The lowest BCUT2D eigenvalue weighted by molar-refractivity contribution is -0.384. The van der Waals surface area contributed by atoms with Gasteiger partial charge in [-0.25, -0.2) is 14.6 Å². The molecule has 0 bridgehead atoms. The van der Waals surface area contributed by atoms with E-state index < -0.39 is 4.92 Å². The first-order chi connectivity index (χ1) is 10.1. The van der Waals surface area contributed by atoms with Crippen LogP contribution in [0.1, 0.15) is 0 Å². The Morgan fingerprint density at radius 2 is 2.05 bits per heavy atom. The molecule has 0 saturated heterocycles. The second-order valence-electron chi connectivity index (χ2n) is 4.15. The standard InChI is InChI=1S/C13H8ClN5O2/c14-10-4-5-12(15-7-10)18-8-16-13(17-18)9-2-1-3-11(6-9)19(20)21/h1-8H. The minimum Gasteiger partial charge on any atom is -0.258 e. The third-order valence-electron chi connectivity index (χ3n) is 2.75. The lowest BCUT2D eigenvalue weighted by atomic mass is 10.2. The Morgan fingerprint density at radius 3 is 2.76 bits per heavy atom. The highest BCUT2D eigenvalue weighted by atomic mass is 35.5. The van der Waals surface area contributed by atoms with Crippen LogP contribution in [0.2, 0.25) is 5.02 Å². The van der Waals surface area contributed by atoms with Gasteiger partial charge in [-0.05, 0) is 12.1 Å². The van der Waals surface area contributed by atoms with Gasteiger partial charge < -0.3 is 0 Å². The average molecular weight is 302 g/mol. The molecule has 0 spiro atoms. The van der Waals surface area contributed by atoms with Gasteiger partial charge in [0.05, 0.1) is 9.95 Å². The van der Waals surface area contributed by atoms with Gasteiger partial charge in [0.25, 0.3) is 5.69 Å². The third-order valence-corrected chi connectivity index (χ3v) is 2.98. The van der Waals surface area contributed by atoms with Crippen LogP contribution in [-0.2, 0) is 0 Å². The number of hydrogen-bond acceptors (Lipinski definition) is 5. The summed E-state index contributed by atoms with van der Waals surface area (Å²) in [7, 11) is 0. The highest BCUT2D eigenvalue weighted by molar-refractivity contribution is 6.30. The lowest BCUT2D eigenvalue weighted by Crippen LogP contribution is -1.97. The van der Waals surface area contributed by atoms with Crippen molar-refractivity contribution in [3.63, 3.8) is 0 Å². The molecule has 104 valence electrons. The zero-order valence-corrected chi connectivity index (χ0v) is 11.3. The highest BCUT2D eigenvalue weighted by Gasteiger charge is 2.11. The highest BCUT2D eigenvalue weighted by Crippen LogP contribution is 2.21. The zero-order valence-electron chi connectivity index (χ0n) is 10.5. The minimum absolute atomic E-state index is 0.00605. The molecule has 1 aromatic carbocycles. The van der Waals surface area contributed by atoms with Gasteiger partial charge in [-0.3, -0.25) is 10.1 Å². The Morgan fingerprint density at radius 1 is 1.19 bits per heavy atom. The minimum atomic E-state index is -0.457. The van der Waals surface area contributed by atoms with E-state index in [1.165, 1.54) is 29.3 Å². The molecule has 0 atom stereocenters. The maximum Gasteiger partial charge on any atom is 0.270 e. The summed E-state index contributed by atoms with van der Waals surface area (Å²) < 4.78 is 1.48. The molecular weight excluding hydrogens is 294 g/mol. The van der Waals surface area contributed by atoms with Gasteiger partial charge >= 0.3 is 0 Å². The molecule has 3 aromatic rings. The summed E-state index contributed by atoms with van der Waals surface area (Å²) >= 11 is 5.78. The maximum atomic E-state index is 10.8. The molecular formula is C13H8ClN5O2. The van der Waals surface area contributed by atoms with E-state index in [1.54, 1.807) is 24.3 Å². The maximum absolute atomic E-state index is 10.8. The third kappa shape index (κ3) is 2.72. The predicted molar refractivity (Wildman–Crippen MR) is 76.3 cm³/mol. The summed E-state index contributed by atoms with van der Waals surface area (Å²) in [6.45, 7) is 0. The number of nitro benzene ring substituents is 1. The summed E-state index contributed by atoms with van der Waals surface area (Å²) in [6, 6.07) is 9.54. The fourth-order valence-corrected chi connectivity index (χ4v) is 1.88. The number of hydrogen-bond donors (Lipinski definition) is 0. The first kappa shape index (κ1) is 13.2. The number of rotatable bonds is 3. The van der Waals surface area contributed by atoms with Crippen LogP contribution in [0.25, 0.3) is 17.2 Å². The molecule has 0 fully saturated rings. The van der Waals surface area contributed by atoms with E-state index in [0.717, 1.165) is 0 Å². The van der Waals surface area contributed by atoms with Crippen molar-refractivity contribution in [3.05, 3.63) is 64.1 Å². The Kier molecular flexibility index (Phi) is 3.33. The molecule has 0 radical (unpaired) electrons. The van der Waals surface area contributed by atoms with E-state index in [1.807, 2.05) is 0 Å². The van der Waals surface area contributed by atoms with Gasteiger partial charge in [0.2, 0.25) is 0 Å². The van der Waals surface area contributed by atoms with Gasteiger partial charge in [-0.2, -0.15) is 0 Å². The summed E-state index contributed by atoms with van der Waals surface area (Å²) in [4.78, 5) is 18.6. The van der Waals surface area contributed by atoms with E-state index in [2.05, 4.69) is 15.1 Å². The Hall–Kier alpha value is -2.80. The number of non-ortho nitro benzene ring substituents is 1. The molecule has 2 aromatic heterocycles. The molecule has 0 aliphatic heterocycles. The van der Waals surface area contributed by atoms with Gasteiger partial charge in [0.1, 0.15) is 6.33 Å². The average Bonchev–Trinajstić information content (AvgIpc) is 2.98. The molecule has 0 amide bonds. The second kappa shape index (κ2) is 5.29. The fraction of sp³-hybridized carbons (Fsp3) is 0. The van der Waals surface area contributed by atoms with E-state index in [-0.39, 0.29) is 5.69 Å². The smallest absolute Gasteiger partial charge is 0.258 e. The quantitative estimate of drug-likeness (QED) is 0.548. The van der Waals surface area contributed by atoms with E-state index in [4.69, 9.17) is 11.6 Å². The molecule has 0 unspecified atom stereocenters. The SMILES string of the molecule is O=[N+]([O-])c1cccc(-c2ncn(-c3ccc(Cl)cn3)n2)c1. The largest absolute Gasteiger partial charge is 0.270 e. The van der Waals surface area contributed by atoms with E-state index in [0.29, 0.717) is 22.2 Å². The van der Waals surface area contributed by atoms with Crippen LogP contribution in [0.15, 0.2) is 48.9 Å². The summed E-state index contributed by atoms with van der Waals surface area (Å²) in [5.41, 5.74) is 0.561. The molecule has 0 aliphatic rings. The van der Waals surface area contributed by atoms with Crippen molar-refractivity contribution >= 4 is 17.3 Å². The van der Waals surface area contributed by atoms with Crippen LogP contribution in [0, 0.1) is 10.1 Å². The van der Waals surface area contributed by atoms with Crippen molar-refractivity contribution in [1.82, 2.24) is 19.7 Å². The van der Waals surface area contributed by atoms with Gasteiger partial charge in [0, 0.05) is 23.9 Å². The number of halogens is 1. The number of benzene rings is 1. The summed E-state index contributed by atoms with van der Waals surface area (Å²) in [6.07, 6.45) is 3.00. The number of nitrogens with zero attached hydrogens (tertiary/aromatic N) is 5. The van der Waals surface area contributed by atoms with Crippen LogP contribution in [0.3, 0.4) is 0 Å². The summed E-state index contributed by atoms with van der Waals surface area (Å²) in [5.74, 6) is 0.944. The topological polar surface area (TPSA) is 86.7 Å². The Bertz CT molecular complexity index is 800. The molecule has 0 N–H and O–H groups in total. The number of nitro groups is 1. The zero-order chi connectivity index (χ0) is 14.8. The van der Waals surface area contributed by atoms with E-state index in [9.17, 15) is 10.1 Å². The van der Waals surface area contributed by atoms with Crippen LogP contribution in [-0.4, -0.2) is 24.7 Å². The van der Waals surface area contributed by atoms with Crippen molar-refractivity contribution in [2.45, 2.75) is 0 Å². The second-order valence-corrected chi connectivity index (χ2v) is 4.59. The van der Waals surface area contributed by atoms with Gasteiger partial charge in [0.15, 0.2) is 11.6 Å². The Balaban J connectivity index is 1.96. The van der Waals surface area contributed by atoms with Crippen molar-refractivity contribution in [2.75, 3.05) is 0 Å². The molecule has 2 heterocycles. The first-order valence-electron chi connectivity index (χ1n) is 5.92. The van der Waals surface area contributed by atoms with Crippen LogP contribution < -0.4 is 0 Å². The Labute approximate surface area is 124 Å². The van der Waals surface area contributed by atoms with E-state index >= 15 is 0 Å². The molecule has 3 rings (SSSR count). The van der Waals surface area contributed by atoms with Crippen molar-refractivity contribution in [1.29, 1.82) is 0 Å². The monoisotopic (exact) mass is 301 g/mol. The van der Waals surface area contributed by atoms with Gasteiger partial charge in [-0.1, -0.05) is 23.7 Å². The van der Waals surface area contributed by atoms with Crippen LogP contribution in [0.5, 0.6) is 0 Å². The lowest BCUT2D eigenvalue weighted by Gasteiger charge is -1.98. The predicted octanol–water partition coefficient (Wildman–Crippen LogP) is 2.89. The molecule has 8 heteroatoms. The summed E-state index contributed by atoms with van der Waals surface area (Å²) in [5, 5.41) is 15.6. The normalized spacial score (nSPS) is 10.5. The fourth-order valence-electron chi connectivity index (χ4n) is 1.77.